The summed E-state index contributed by atoms with van der Waals surface area (Å²) in [4.78, 5) is 38.3. The third-order valence-electron chi connectivity index (χ3n) is 6.49. The Morgan fingerprint density at radius 1 is 1.00 bits per heavy atom. The van der Waals surface area contributed by atoms with Gasteiger partial charge in [0.1, 0.15) is 7.05 Å². The minimum Gasteiger partial charge on any atom is -0.871 e. The Bertz CT molecular complexity index is 1640. The average Bonchev–Trinajstić information content (AvgIpc) is 2.87. The predicted octanol–water partition coefficient (Wildman–Crippen LogP) is 2.44. The number of hydrogen-bond acceptors (Lipinski definition) is 5. The first-order valence-corrected chi connectivity index (χ1v) is 11.0. The largest absolute Gasteiger partial charge is 0.871 e. The molecule has 178 valence electrons. The second-order valence-electron chi connectivity index (χ2n) is 8.50. The third-order valence-corrected chi connectivity index (χ3v) is 6.49. The maximum atomic E-state index is 13.0. The predicted molar refractivity (Wildman–Crippen MR) is 131 cm³/mol. The van der Waals surface area contributed by atoms with E-state index in [0.29, 0.717) is 33.5 Å². The van der Waals surface area contributed by atoms with E-state index in [4.69, 9.17) is 0 Å². The van der Waals surface area contributed by atoms with Crippen LogP contribution in [-0.2, 0) is 16.6 Å². The molecule has 0 unspecified atom stereocenters. The lowest BCUT2D eigenvalue weighted by atomic mass is 9.85. The number of carbonyl (C=O) groups is 3. The summed E-state index contributed by atoms with van der Waals surface area (Å²) in [5.74, 6) is -3.21. The Kier molecular flexibility index (Phi) is 5.29. The van der Waals surface area contributed by atoms with E-state index in [1.54, 1.807) is 72.1 Å². The molecule has 8 nitrogen and oxygen atoms in total. The zero-order valence-corrected chi connectivity index (χ0v) is 19.4. The maximum Gasteiger partial charge on any atom is 0.336 e. The smallest absolute Gasteiger partial charge is 0.336 e. The Morgan fingerprint density at radius 3 is 2.39 bits per heavy atom. The molecule has 0 saturated heterocycles. The number of carbonyl (C=O) groups excluding carboxylic acids is 1. The first-order valence-electron chi connectivity index (χ1n) is 11.0. The van der Waals surface area contributed by atoms with E-state index >= 15 is 0 Å². The number of rotatable bonds is 4. The number of aromatic nitrogens is 1. The van der Waals surface area contributed by atoms with Crippen molar-refractivity contribution in [1.82, 2.24) is 0 Å². The van der Waals surface area contributed by atoms with Gasteiger partial charge in [0.05, 0.1) is 16.5 Å². The highest BCUT2D eigenvalue weighted by molar-refractivity contribution is 6.23. The van der Waals surface area contributed by atoms with Crippen molar-refractivity contribution in [3.8, 4) is 0 Å². The fourth-order valence-corrected chi connectivity index (χ4v) is 4.53. The highest BCUT2D eigenvalue weighted by Gasteiger charge is 2.30. The van der Waals surface area contributed by atoms with Gasteiger partial charge in [-0.3, -0.25) is 4.79 Å². The summed E-state index contributed by atoms with van der Waals surface area (Å²) in [6.07, 6.45) is 4.22. The van der Waals surface area contributed by atoms with Crippen LogP contribution in [0.2, 0.25) is 0 Å². The number of fused-ring (bicyclic) bond motifs is 2. The summed E-state index contributed by atoms with van der Waals surface area (Å²) < 4.78 is 1.72. The van der Waals surface area contributed by atoms with Crippen molar-refractivity contribution in [3.05, 3.63) is 106 Å². The van der Waals surface area contributed by atoms with Gasteiger partial charge in [-0.05, 0) is 24.3 Å². The molecule has 0 bridgehead atoms. The molecule has 3 aromatic rings. The highest BCUT2D eigenvalue weighted by Crippen LogP contribution is 2.37. The molecule has 0 spiro atoms. The van der Waals surface area contributed by atoms with Gasteiger partial charge in [-0.2, -0.15) is 4.57 Å². The van der Waals surface area contributed by atoms with Crippen molar-refractivity contribution >= 4 is 46.0 Å². The number of carboxylic acid groups (broad SMARTS) is 2. The SMILES string of the molecule is CN1C(=CC2=C([O-])C(=Cc3cc(C(=O)O)c4ccccc4[n+]3C)C2=O)C=C(C(=O)O)c2ccccc21. The van der Waals surface area contributed by atoms with Crippen LogP contribution in [0.15, 0.2) is 89.4 Å². The van der Waals surface area contributed by atoms with Crippen molar-refractivity contribution in [2.75, 3.05) is 11.9 Å². The molecule has 2 aliphatic rings. The van der Waals surface area contributed by atoms with Crippen LogP contribution in [0.4, 0.5) is 5.69 Å². The minimum absolute atomic E-state index is 0.0645. The summed E-state index contributed by atoms with van der Waals surface area (Å²) in [7, 11) is 3.46. The summed E-state index contributed by atoms with van der Waals surface area (Å²) in [5, 5.41) is 32.8. The van der Waals surface area contributed by atoms with Crippen molar-refractivity contribution in [3.63, 3.8) is 0 Å². The number of allylic oxidation sites excluding steroid dienone is 4. The molecule has 2 aromatic carbocycles. The van der Waals surface area contributed by atoms with Crippen LogP contribution >= 0.6 is 0 Å². The van der Waals surface area contributed by atoms with Gasteiger partial charge in [0.2, 0.25) is 11.2 Å². The second-order valence-corrected chi connectivity index (χ2v) is 8.50. The van der Waals surface area contributed by atoms with Crippen LogP contribution in [0.5, 0.6) is 0 Å². The number of ketones is 1. The van der Waals surface area contributed by atoms with Crippen LogP contribution in [0, 0.1) is 0 Å². The molecule has 1 aliphatic heterocycles. The fraction of sp³-hybridized carbons (Fsp3) is 0.0714. The van der Waals surface area contributed by atoms with E-state index < -0.39 is 23.5 Å². The van der Waals surface area contributed by atoms with Crippen molar-refractivity contribution in [1.29, 1.82) is 0 Å². The molecule has 0 saturated carbocycles. The highest BCUT2D eigenvalue weighted by atomic mass is 16.4. The van der Waals surface area contributed by atoms with E-state index in [-0.39, 0.29) is 22.3 Å². The Labute approximate surface area is 205 Å². The van der Waals surface area contributed by atoms with E-state index in [1.165, 1.54) is 24.3 Å². The second kappa shape index (κ2) is 8.35. The fourth-order valence-electron chi connectivity index (χ4n) is 4.53. The Balaban J connectivity index is 1.59. The van der Waals surface area contributed by atoms with Crippen molar-refractivity contribution in [2.24, 2.45) is 7.05 Å². The molecule has 2 heterocycles. The number of pyridine rings is 1. The number of likely N-dealkylation sites (N-methyl/N-ethyl adjacent to an activating group) is 1. The van der Waals surface area contributed by atoms with Gasteiger partial charge in [-0.1, -0.05) is 36.1 Å². The number of aromatic carboxylic acids is 1. The summed E-state index contributed by atoms with van der Waals surface area (Å²) in [6, 6.07) is 15.4. The number of carboxylic acids is 2. The molecule has 0 atom stereocenters. The lowest BCUT2D eigenvalue weighted by molar-refractivity contribution is -0.646. The maximum absolute atomic E-state index is 13.0. The quantitative estimate of drug-likeness (QED) is 0.435. The lowest BCUT2D eigenvalue weighted by Crippen LogP contribution is -2.35. The molecule has 5 rings (SSSR count). The molecular weight excluding hydrogens is 460 g/mol. The number of benzene rings is 2. The monoisotopic (exact) mass is 480 g/mol. The average molecular weight is 480 g/mol. The summed E-state index contributed by atoms with van der Waals surface area (Å²) >= 11 is 0. The van der Waals surface area contributed by atoms with Crippen LogP contribution in [0.25, 0.3) is 22.6 Å². The van der Waals surface area contributed by atoms with Gasteiger partial charge < -0.3 is 20.2 Å². The number of aryl methyl sites for hydroxylation is 1. The number of aliphatic carboxylic acids is 1. The molecule has 1 aromatic heterocycles. The van der Waals surface area contributed by atoms with Crippen LogP contribution in [-0.4, -0.2) is 35.0 Å². The van der Waals surface area contributed by atoms with Crippen molar-refractivity contribution < 1.29 is 34.3 Å². The standard InChI is InChI=1S/C28H20N2O6/c1-29-15(11-19(27(33)34)17-7-3-5-9-23(17)29)13-21-25(31)22(26(21)32)14-16-12-20(28(35)36)18-8-4-6-10-24(18)30(16)2/h3-14H,1-2H3,(H2-,31,32,33,34,35,36). The topological polar surface area (TPSA) is 122 Å². The normalized spacial score (nSPS) is 17.3. The first-order chi connectivity index (χ1) is 17.2. The van der Waals surface area contributed by atoms with Crippen LogP contribution in [0.3, 0.4) is 0 Å². The van der Waals surface area contributed by atoms with Crippen LogP contribution < -0.4 is 14.6 Å². The Morgan fingerprint density at radius 2 is 1.69 bits per heavy atom. The molecule has 2 N–H and O–H groups in total. The van der Waals surface area contributed by atoms with Gasteiger partial charge in [-0.15, -0.1) is 0 Å². The zero-order chi connectivity index (χ0) is 25.7. The molecular formula is C28H20N2O6. The van der Waals surface area contributed by atoms with Gasteiger partial charge in [0.15, 0.2) is 5.78 Å². The number of nitrogens with zero attached hydrogens (tertiary/aromatic N) is 2. The molecule has 0 amide bonds. The molecule has 0 radical (unpaired) electrons. The third kappa shape index (κ3) is 3.47. The van der Waals surface area contributed by atoms with Crippen molar-refractivity contribution in [2.45, 2.75) is 0 Å². The minimum atomic E-state index is -1.11. The summed E-state index contributed by atoms with van der Waals surface area (Å²) in [6.45, 7) is 0. The van der Waals surface area contributed by atoms with Crippen LogP contribution in [0.1, 0.15) is 21.6 Å². The molecule has 1 aliphatic carbocycles. The molecule has 8 heteroatoms. The lowest BCUT2D eigenvalue weighted by Gasteiger charge is -2.32. The number of hydrogen-bond donors (Lipinski definition) is 2. The number of para-hydroxylation sites is 2. The van der Waals surface area contributed by atoms with E-state index in [2.05, 4.69) is 0 Å². The molecule has 0 fully saturated rings. The van der Waals surface area contributed by atoms with Gasteiger partial charge in [0, 0.05) is 53.4 Å². The Hall–Kier alpha value is -4.98. The zero-order valence-electron chi connectivity index (χ0n) is 19.4. The first kappa shape index (κ1) is 22.8. The van der Waals surface area contributed by atoms with E-state index in [1.807, 2.05) is 0 Å². The molecule has 36 heavy (non-hydrogen) atoms. The van der Waals surface area contributed by atoms with E-state index in [0.717, 1.165) is 0 Å². The number of Topliss-reactive ketones (excluding diaryl/α,β-unsaturated/α-hetero) is 1. The summed E-state index contributed by atoms with van der Waals surface area (Å²) in [5.41, 5.74) is 2.62. The number of anilines is 1. The van der Waals surface area contributed by atoms with Gasteiger partial charge >= 0.3 is 11.9 Å². The van der Waals surface area contributed by atoms with E-state index in [9.17, 15) is 29.7 Å². The van der Waals surface area contributed by atoms with Gasteiger partial charge in [0.25, 0.3) is 0 Å². The van der Waals surface area contributed by atoms with Gasteiger partial charge in [-0.25, -0.2) is 9.59 Å².